The monoisotopic (exact) mass is 623 g/mol. The molecule has 0 spiro atoms. The van der Waals surface area contributed by atoms with Crippen LogP contribution < -0.4 is 10.6 Å². The average Bonchev–Trinajstić information content (AvgIpc) is 3.38. The minimum absolute atomic E-state index is 0.581. The van der Waals surface area contributed by atoms with Gasteiger partial charge in [-0.05, 0) is 94.0 Å². The highest BCUT2D eigenvalue weighted by molar-refractivity contribution is 6.30. The van der Waals surface area contributed by atoms with E-state index in [1.807, 2.05) is 24.2 Å². The van der Waals surface area contributed by atoms with Gasteiger partial charge in [-0.2, -0.15) is 0 Å². The van der Waals surface area contributed by atoms with E-state index in [0.717, 1.165) is 95.0 Å². The van der Waals surface area contributed by atoms with Gasteiger partial charge in [0.25, 0.3) is 0 Å². The first-order valence-corrected chi connectivity index (χ1v) is 17.1. The Morgan fingerprint density at radius 3 is 2.36 bits per heavy atom. The van der Waals surface area contributed by atoms with Crippen LogP contribution in [-0.2, 0) is 24.2 Å². The smallest absolute Gasteiger partial charge is 0.209 e. The highest BCUT2D eigenvalue weighted by Gasteiger charge is 2.18. The Morgan fingerprint density at radius 1 is 1.07 bits per heavy atom. The number of nitrogens with one attached hydrogen (secondary N) is 2. The van der Waals surface area contributed by atoms with Crippen molar-refractivity contribution in [1.29, 1.82) is 0 Å². The molecular formula is C37H58ClN5O. The van der Waals surface area contributed by atoms with Gasteiger partial charge in [0.2, 0.25) is 6.41 Å². The fourth-order valence-electron chi connectivity index (χ4n) is 5.37. The van der Waals surface area contributed by atoms with Gasteiger partial charge in [0.15, 0.2) is 0 Å². The molecule has 5 rings (SSSR count). The van der Waals surface area contributed by atoms with E-state index in [9.17, 15) is 4.79 Å². The molecule has 0 bridgehead atoms. The molecule has 1 unspecified atom stereocenters. The second-order valence-electron chi connectivity index (χ2n) is 12.1. The summed E-state index contributed by atoms with van der Waals surface area (Å²) in [4.78, 5) is 16.7. The highest BCUT2D eigenvalue weighted by atomic mass is 35.5. The average molecular weight is 624 g/mol. The number of allylic oxidation sites excluding steroid dienone is 6. The Kier molecular flexibility index (Phi) is 18.7. The van der Waals surface area contributed by atoms with Crippen molar-refractivity contribution in [3.63, 3.8) is 0 Å². The van der Waals surface area contributed by atoms with Crippen LogP contribution in [0.5, 0.6) is 0 Å². The zero-order chi connectivity index (χ0) is 32.2. The number of carbonyl (C=O) groups excluding carboxylic acids is 1. The molecule has 1 amide bonds. The summed E-state index contributed by atoms with van der Waals surface area (Å²) < 4.78 is 2.12. The number of nitrogens with zero attached hydrogens (tertiary/aromatic N) is 3. The molecule has 2 fully saturated rings. The van der Waals surface area contributed by atoms with Gasteiger partial charge < -0.3 is 20.1 Å². The Labute approximate surface area is 273 Å². The second kappa shape index (κ2) is 21.9. The van der Waals surface area contributed by atoms with Gasteiger partial charge in [0, 0.05) is 57.0 Å². The van der Waals surface area contributed by atoms with E-state index in [-0.39, 0.29) is 0 Å². The summed E-state index contributed by atoms with van der Waals surface area (Å²) in [5.74, 6) is 0.581. The molecule has 2 aromatic rings. The number of aromatic nitrogens is 2. The van der Waals surface area contributed by atoms with Crippen LogP contribution in [0.1, 0.15) is 83.5 Å². The minimum Gasteiger partial charge on any atom is -0.345 e. The van der Waals surface area contributed by atoms with Crippen LogP contribution >= 0.6 is 11.6 Å². The van der Waals surface area contributed by atoms with E-state index >= 15 is 0 Å². The third-order valence-electron chi connectivity index (χ3n) is 7.96. The van der Waals surface area contributed by atoms with Crippen LogP contribution in [0.25, 0.3) is 0 Å². The maximum absolute atomic E-state index is 10.7. The first-order chi connectivity index (χ1) is 21.3. The molecule has 3 aliphatic rings. The summed E-state index contributed by atoms with van der Waals surface area (Å²) in [5.41, 5.74) is 8.25. The molecule has 3 heterocycles. The van der Waals surface area contributed by atoms with Crippen LogP contribution in [0.4, 0.5) is 0 Å². The number of aryl methyl sites for hydroxylation is 2. The first kappa shape index (κ1) is 37.5. The molecule has 1 aromatic carbocycles. The SMILES string of the molecule is C1CNCCN1.CC/C(C)=C/C=C\C1=C(C)Cc2ccc(Cl)cc2CC1.CCC.Cc1cn(CC2CCCN(C=O)C2)cn1. The number of amides is 1. The van der Waals surface area contributed by atoms with E-state index in [4.69, 9.17) is 11.6 Å². The number of rotatable bonds is 6. The Morgan fingerprint density at radius 2 is 1.77 bits per heavy atom. The molecule has 2 saturated heterocycles. The lowest BCUT2D eigenvalue weighted by Gasteiger charge is -2.29. The van der Waals surface area contributed by atoms with Crippen molar-refractivity contribution in [2.45, 2.75) is 93.0 Å². The van der Waals surface area contributed by atoms with Gasteiger partial charge in [-0.25, -0.2) is 4.98 Å². The van der Waals surface area contributed by atoms with Crippen molar-refractivity contribution in [1.82, 2.24) is 25.1 Å². The van der Waals surface area contributed by atoms with E-state index in [2.05, 4.69) is 91.4 Å². The molecule has 1 aromatic heterocycles. The first-order valence-electron chi connectivity index (χ1n) is 16.7. The van der Waals surface area contributed by atoms with Crippen molar-refractivity contribution in [2.24, 2.45) is 5.92 Å². The predicted octanol–water partition coefficient (Wildman–Crippen LogP) is 7.71. The van der Waals surface area contributed by atoms with Gasteiger partial charge in [-0.3, -0.25) is 4.79 Å². The molecule has 7 heteroatoms. The molecule has 44 heavy (non-hydrogen) atoms. The summed E-state index contributed by atoms with van der Waals surface area (Å²) in [6.07, 6.45) is 19.5. The van der Waals surface area contributed by atoms with Gasteiger partial charge in [-0.15, -0.1) is 0 Å². The molecule has 1 atom stereocenters. The lowest BCUT2D eigenvalue weighted by molar-refractivity contribution is -0.119. The summed E-state index contributed by atoms with van der Waals surface area (Å²) >= 11 is 6.10. The fourth-order valence-corrected chi connectivity index (χ4v) is 5.56. The number of piperazine rings is 1. The van der Waals surface area contributed by atoms with Crippen molar-refractivity contribution >= 4 is 18.0 Å². The zero-order valence-electron chi connectivity index (χ0n) is 28.3. The normalized spacial score (nSPS) is 18.6. The Balaban J connectivity index is 0.000000245. The van der Waals surface area contributed by atoms with Crippen molar-refractivity contribution in [3.05, 3.63) is 87.5 Å². The van der Waals surface area contributed by atoms with Crippen LogP contribution in [0.15, 0.2) is 65.7 Å². The quantitative estimate of drug-likeness (QED) is 0.256. The molecule has 1 aliphatic carbocycles. The number of fused-ring (bicyclic) bond motifs is 1. The number of carbonyl (C=O) groups is 1. The van der Waals surface area contributed by atoms with E-state index < -0.39 is 0 Å². The van der Waals surface area contributed by atoms with E-state index in [1.165, 1.54) is 40.7 Å². The summed E-state index contributed by atoms with van der Waals surface area (Å²) in [6.45, 7) is 20.2. The molecule has 0 saturated carbocycles. The Bertz CT molecular complexity index is 1180. The summed E-state index contributed by atoms with van der Waals surface area (Å²) in [7, 11) is 0. The summed E-state index contributed by atoms with van der Waals surface area (Å²) in [5, 5.41) is 7.29. The van der Waals surface area contributed by atoms with Gasteiger partial charge in [-0.1, -0.05) is 74.2 Å². The van der Waals surface area contributed by atoms with Crippen LogP contribution in [0, 0.1) is 12.8 Å². The molecule has 6 nitrogen and oxygen atoms in total. The molecule has 0 radical (unpaired) electrons. The largest absolute Gasteiger partial charge is 0.345 e. The van der Waals surface area contributed by atoms with Crippen LogP contribution in [-0.4, -0.2) is 60.1 Å². The highest BCUT2D eigenvalue weighted by Crippen LogP contribution is 2.28. The predicted molar refractivity (Wildman–Crippen MR) is 188 cm³/mol. The molecule has 2 aliphatic heterocycles. The number of likely N-dealkylation sites (tertiary alicyclic amines) is 1. The minimum atomic E-state index is 0.581. The number of hydrogen-bond acceptors (Lipinski definition) is 4. The number of piperidine rings is 1. The number of halogens is 1. The molecule has 2 N–H and O–H groups in total. The van der Waals surface area contributed by atoms with Crippen LogP contribution in [0.2, 0.25) is 5.02 Å². The van der Waals surface area contributed by atoms with Crippen molar-refractivity contribution in [3.8, 4) is 0 Å². The van der Waals surface area contributed by atoms with E-state index in [0.29, 0.717) is 5.92 Å². The van der Waals surface area contributed by atoms with Crippen LogP contribution in [0.3, 0.4) is 0 Å². The van der Waals surface area contributed by atoms with Crippen molar-refractivity contribution in [2.75, 3.05) is 39.3 Å². The topological polar surface area (TPSA) is 62.2 Å². The molecule has 244 valence electrons. The third-order valence-corrected chi connectivity index (χ3v) is 8.19. The third kappa shape index (κ3) is 14.9. The summed E-state index contributed by atoms with van der Waals surface area (Å²) in [6, 6.07) is 6.30. The number of benzene rings is 1. The lowest BCUT2D eigenvalue weighted by Crippen LogP contribution is -2.39. The number of hydrogen-bond donors (Lipinski definition) is 2. The second-order valence-corrected chi connectivity index (χ2v) is 12.6. The maximum atomic E-state index is 10.7. The van der Waals surface area contributed by atoms with E-state index in [1.54, 1.807) is 0 Å². The lowest BCUT2D eigenvalue weighted by atomic mass is 9.98. The fraction of sp³-hybridized carbons (Fsp3) is 0.568. The zero-order valence-corrected chi connectivity index (χ0v) is 29.1. The van der Waals surface area contributed by atoms with Gasteiger partial charge >= 0.3 is 0 Å². The standard InChI is InChI=1S/C19H23Cl.C11H17N3O.C4H10N2.C3H8/c1-4-14(2)6-5-7-16-8-9-18-13-19(20)11-10-17(18)12-15(16)3;1-10-5-14(8-12-10)7-11-3-2-4-13(6-11)9-15;1-2-6-4-3-5-1;1-3-2/h5-7,10-11,13H,4,8-9,12H2,1-3H3;5,8-9,11H,2-4,6-7H2,1H3;5-6H,1-4H2;3H2,1-2H3/b7-5-,14-6+;;;. The van der Waals surface area contributed by atoms with Gasteiger partial charge in [0.1, 0.15) is 0 Å². The Hall–Kier alpha value is -2.67. The van der Waals surface area contributed by atoms with Gasteiger partial charge in [0.05, 0.1) is 12.0 Å². The molecular weight excluding hydrogens is 566 g/mol. The maximum Gasteiger partial charge on any atom is 0.209 e. The number of imidazole rings is 1. The van der Waals surface area contributed by atoms with Crippen molar-refractivity contribution < 1.29 is 4.79 Å².